The maximum atomic E-state index is 14.6. The van der Waals surface area contributed by atoms with Crippen LogP contribution in [0.15, 0.2) is 30.3 Å². The van der Waals surface area contributed by atoms with Crippen LogP contribution in [0.2, 0.25) is 0 Å². The molecule has 1 amide bonds. The number of carboxylic acids is 1. The van der Waals surface area contributed by atoms with Crippen molar-refractivity contribution in [2.45, 2.75) is 37.8 Å². The Kier molecular flexibility index (Phi) is 10.2. The highest BCUT2D eigenvalue weighted by molar-refractivity contribution is 14.1. The third-order valence-corrected chi connectivity index (χ3v) is 6.71. The van der Waals surface area contributed by atoms with Crippen LogP contribution >= 0.6 is 22.6 Å². The van der Waals surface area contributed by atoms with Crippen molar-refractivity contribution in [1.82, 2.24) is 15.5 Å². The number of aliphatic hydroxyl groups is 1. The number of β-amino-alcohol motifs (C(OH)–C–C–N with tert-alkyl or cyclic N) is 1. The first-order valence-corrected chi connectivity index (χ1v) is 12.9. The van der Waals surface area contributed by atoms with Crippen molar-refractivity contribution in [1.29, 1.82) is 0 Å². The molecule has 0 aromatic heterocycles. The quantitative estimate of drug-likeness (QED) is 0.310. The van der Waals surface area contributed by atoms with Gasteiger partial charge < -0.3 is 31.1 Å². The average Bonchev–Trinajstić information content (AvgIpc) is 3.09. The number of carbonyl (C=O) groups is 2. The summed E-state index contributed by atoms with van der Waals surface area (Å²) >= 11 is 1.93. The molecule has 2 aromatic carbocycles. The fourth-order valence-corrected chi connectivity index (χ4v) is 4.65. The van der Waals surface area contributed by atoms with Crippen molar-refractivity contribution >= 4 is 45.8 Å². The number of carboxylic acid groups (broad SMARTS) is 1. The van der Waals surface area contributed by atoms with Crippen molar-refractivity contribution < 1.29 is 33.0 Å². The SMILES string of the molecule is CC(=O)O.O=C(c1ccc(F)c(F)c1Nc1ccc(I)cc1F)N1CC(O)(CNC2CCCCNC2)C1. The third kappa shape index (κ3) is 8.03. The van der Waals surface area contributed by atoms with Gasteiger partial charge in [0.1, 0.15) is 11.4 Å². The van der Waals surface area contributed by atoms with Gasteiger partial charge >= 0.3 is 0 Å². The van der Waals surface area contributed by atoms with E-state index >= 15 is 0 Å². The van der Waals surface area contributed by atoms with Gasteiger partial charge in [-0.1, -0.05) is 6.42 Å². The highest BCUT2D eigenvalue weighted by Gasteiger charge is 2.44. The smallest absolute Gasteiger partial charge is 0.300 e. The molecule has 0 saturated carbocycles. The number of likely N-dealkylation sites (tertiary alicyclic amines) is 1. The first kappa shape index (κ1) is 29.1. The second-order valence-electron chi connectivity index (χ2n) is 9.22. The molecule has 0 spiro atoms. The van der Waals surface area contributed by atoms with Crippen LogP contribution in [0.3, 0.4) is 0 Å². The van der Waals surface area contributed by atoms with E-state index in [1.807, 2.05) is 22.6 Å². The molecule has 12 heteroatoms. The second kappa shape index (κ2) is 12.9. The van der Waals surface area contributed by atoms with Crippen molar-refractivity contribution in [3.8, 4) is 0 Å². The number of benzene rings is 2. The van der Waals surface area contributed by atoms with Crippen molar-refractivity contribution in [3.05, 3.63) is 56.9 Å². The molecule has 4 rings (SSSR count). The van der Waals surface area contributed by atoms with Crippen LogP contribution in [0.5, 0.6) is 0 Å². The Hall–Kier alpha value is -2.42. The molecule has 2 aromatic rings. The highest BCUT2D eigenvalue weighted by atomic mass is 127. The number of hydrogen-bond acceptors (Lipinski definition) is 6. The largest absolute Gasteiger partial charge is 0.481 e. The van der Waals surface area contributed by atoms with Crippen molar-refractivity contribution in [2.24, 2.45) is 0 Å². The number of carbonyl (C=O) groups excluding carboxylic acids is 1. The minimum absolute atomic E-state index is 0.0648. The zero-order valence-electron chi connectivity index (χ0n) is 20.3. The molecule has 0 bridgehead atoms. The molecule has 2 saturated heterocycles. The predicted octanol–water partition coefficient (Wildman–Crippen LogP) is 3.46. The lowest BCUT2D eigenvalue weighted by Crippen LogP contribution is -2.68. The van der Waals surface area contributed by atoms with Gasteiger partial charge in [-0.15, -0.1) is 0 Å². The van der Waals surface area contributed by atoms with Crippen LogP contribution in [0.4, 0.5) is 24.5 Å². The summed E-state index contributed by atoms with van der Waals surface area (Å²) in [6, 6.07) is 6.54. The van der Waals surface area contributed by atoms with E-state index in [1.165, 1.54) is 23.1 Å². The van der Waals surface area contributed by atoms with Gasteiger partial charge in [0.2, 0.25) is 0 Å². The molecule has 5 N–H and O–H groups in total. The minimum Gasteiger partial charge on any atom is -0.481 e. The number of nitrogens with one attached hydrogen (secondary N) is 3. The Bertz CT molecular complexity index is 1120. The van der Waals surface area contributed by atoms with E-state index in [1.54, 1.807) is 6.07 Å². The second-order valence-corrected chi connectivity index (χ2v) is 10.5. The zero-order valence-corrected chi connectivity index (χ0v) is 22.4. The summed E-state index contributed by atoms with van der Waals surface area (Å²) in [5.74, 6) is -4.47. The van der Waals surface area contributed by atoms with E-state index in [0.717, 1.165) is 45.3 Å². The fourth-order valence-electron chi connectivity index (χ4n) is 4.19. The van der Waals surface area contributed by atoms with Gasteiger partial charge in [-0.3, -0.25) is 9.59 Å². The molecule has 0 radical (unpaired) electrons. The van der Waals surface area contributed by atoms with Crippen LogP contribution < -0.4 is 16.0 Å². The first-order valence-electron chi connectivity index (χ1n) is 11.8. The van der Waals surface area contributed by atoms with E-state index < -0.39 is 40.6 Å². The molecule has 1 atom stereocenters. The average molecular weight is 634 g/mol. The Morgan fingerprint density at radius 3 is 2.54 bits per heavy atom. The van der Waals surface area contributed by atoms with E-state index in [0.29, 0.717) is 10.1 Å². The van der Waals surface area contributed by atoms with Crippen LogP contribution in [0.1, 0.15) is 36.5 Å². The number of hydrogen-bond donors (Lipinski definition) is 5. The molecule has 202 valence electrons. The lowest BCUT2D eigenvalue weighted by molar-refractivity contribution is -0.134. The summed E-state index contributed by atoms with van der Waals surface area (Å²) in [6.07, 6.45) is 3.26. The molecule has 2 aliphatic rings. The third-order valence-electron chi connectivity index (χ3n) is 6.04. The van der Waals surface area contributed by atoms with E-state index in [9.17, 15) is 23.1 Å². The normalized spacial score (nSPS) is 18.6. The minimum atomic E-state index is -1.27. The van der Waals surface area contributed by atoms with E-state index in [2.05, 4.69) is 16.0 Å². The summed E-state index contributed by atoms with van der Waals surface area (Å²) in [4.78, 5) is 23.4. The number of aliphatic carboxylic acids is 1. The lowest BCUT2D eigenvalue weighted by Gasteiger charge is -2.47. The molecule has 2 fully saturated rings. The molecule has 0 aliphatic carbocycles. The van der Waals surface area contributed by atoms with Gasteiger partial charge in [0.15, 0.2) is 11.6 Å². The molecule has 8 nitrogen and oxygen atoms in total. The monoisotopic (exact) mass is 634 g/mol. The van der Waals surface area contributed by atoms with Crippen LogP contribution in [0.25, 0.3) is 0 Å². The maximum absolute atomic E-state index is 14.6. The van der Waals surface area contributed by atoms with Crippen LogP contribution in [-0.2, 0) is 4.79 Å². The topological polar surface area (TPSA) is 114 Å². The van der Waals surface area contributed by atoms with Crippen LogP contribution in [-0.4, -0.2) is 71.4 Å². The molecular weight excluding hydrogens is 604 g/mol. The predicted molar refractivity (Wildman–Crippen MR) is 141 cm³/mol. The number of halogens is 4. The molecule has 2 heterocycles. The van der Waals surface area contributed by atoms with E-state index in [-0.39, 0.29) is 30.4 Å². The van der Waals surface area contributed by atoms with Crippen molar-refractivity contribution in [2.75, 3.05) is 38.0 Å². The summed E-state index contributed by atoms with van der Waals surface area (Å²) in [5.41, 5.74) is -1.72. The number of amides is 1. The number of nitrogens with zero attached hydrogens (tertiary/aromatic N) is 1. The summed E-state index contributed by atoms with van der Waals surface area (Å²) in [7, 11) is 0. The molecule has 37 heavy (non-hydrogen) atoms. The number of anilines is 2. The fraction of sp³-hybridized carbons (Fsp3) is 0.440. The molecular formula is C25H30F3IN4O4. The van der Waals surface area contributed by atoms with Gasteiger partial charge in [0.05, 0.1) is 30.0 Å². The lowest BCUT2D eigenvalue weighted by atomic mass is 9.92. The Balaban J connectivity index is 0.000000886. The summed E-state index contributed by atoms with van der Waals surface area (Å²) in [6.45, 7) is 3.36. The van der Waals surface area contributed by atoms with Gasteiger partial charge in [-0.05, 0) is 72.3 Å². The van der Waals surface area contributed by atoms with Crippen molar-refractivity contribution in [3.63, 3.8) is 0 Å². The zero-order chi connectivity index (χ0) is 27.2. The number of rotatable bonds is 6. The van der Waals surface area contributed by atoms with E-state index in [4.69, 9.17) is 9.90 Å². The van der Waals surface area contributed by atoms with Gasteiger partial charge in [-0.2, -0.15) is 0 Å². The van der Waals surface area contributed by atoms with Gasteiger partial charge in [0, 0.05) is 29.6 Å². The molecule has 1 unspecified atom stereocenters. The highest BCUT2D eigenvalue weighted by Crippen LogP contribution is 2.31. The summed E-state index contributed by atoms with van der Waals surface area (Å²) < 4.78 is 43.5. The standard InChI is InChI=1S/C23H26F3IN4O2.C2H4O2/c24-17-6-5-16(21(20(17)26)30-19-7-4-14(27)9-18(19)25)22(32)31-12-23(33,13-31)11-29-15-3-1-2-8-28-10-15;1-2(3)4/h4-7,9,15,28-30,33H,1-3,8,10-13H2;1H3,(H,3,4). The summed E-state index contributed by atoms with van der Waals surface area (Å²) in [5, 5.41) is 27.4. The van der Waals surface area contributed by atoms with Gasteiger partial charge in [-0.25, -0.2) is 13.2 Å². The first-order chi connectivity index (χ1) is 17.5. The molecule has 2 aliphatic heterocycles. The Morgan fingerprint density at radius 1 is 1.16 bits per heavy atom. The Labute approximate surface area is 226 Å². The van der Waals surface area contributed by atoms with Gasteiger partial charge in [0.25, 0.3) is 11.9 Å². The Morgan fingerprint density at radius 2 is 1.86 bits per heavy atom. The van der Waals surface area contributed by atoms with Crippen LogP contribution in [0, 0.1) is 21.0 Å². The maximum Gasteiger partial charge on any atom is 0.300 e.